The van der Waals surface area contributed by atoms with Crippen molar-refractivity contribution >= 4 is 32.3 Å². The summed E-state index contributed by atoms with van der Waals surface area (Å²) in [5.41, 5.74) is 2.01. The maximum Gasteiger partial charge on any atom is -0.00238 e. The van der Waals surface area contributed by atoms with E-state index in [1.54, 1.807) is 0 Å². The Morgan fingerprint density at radius 1 is 0.704 bits per heavy atom. The smallest absolute Gasteiger partial charge is 0.00238 e. The van der Waals surface area contributed by atoms with E-state index in [1.165, 1.54) is 63.6 Å². The molecule has 0 bridgehead atoms. The minimum absolute atomic E-state index is 0.152. The van der Waals surface area contributed by atoms with Gasteiger partial charge in [0, 0.05) is 0 Å². The van der Waals surface area contributed by atoms with Crippen LogP contribution in [0.1, 0.15) is 65.9 Å². The molecule has 27 heavy (non-hydrogen) atoms. The van der Waals surface area contributed by atoms with Gasteiger partial charge in [-0.05, 0) is 61.6 Å². The van der Waals surface area contributed by atoms with Crippen molar-refractivity contribution in [2.24, 2.45) is 5.41 Å². The maximum atomic E-state index is 2.44. The monoisotopic (exact) mass is 356 g/mol. The number of hydrogen-bond acceptors (Lipinski definition) is 0. The van der Waals surface area contributed by atoms with E-state index in [-0.39, 0.29) is 5.41 Å². The standard InChI is InChI=1S/C27H32/c1-6-7-17-26(2,3)18-27(4,5)23-16-14-21-12-11-19-9-8-10-20-13-15-22(23)25(21)24(19)20/h8-16H,6-7,17-18H2,1-5H3. The first-order valence-corrected chi connectivity index (χ1v) is 10.5. The van der Waals surface area contributed by atoms with Gasteiger partial charge in [0.05, 0.1) is 0 Å². The Kier molecular flexibility index (Phi) is 4.41. The van der Waals surface area contributed by atoms with Gasteiger partial charge < -0.3 is 0 Å². The Bertz CT molecular complexity index is 1070. The molecule has 4 aromatic carbocycles. The van der Waals surface area contributed by atoms with Gasteiger partial charge in [-0.2, -0.15) is 0 Å². The highest BCUT2D eigenvalue weighted by Crippen LogP contribution is 2.44. The Hall–Kier alpha value is -2.08. The van der Waals surface area contributed by atoms with Gasteiger partial charge in [-0.15, -0.1) is 0 Å². The molecule has 0 aliphatic heterocycles. The molecule has 0 unspecified atom stereocenters. The summed E-state index contributed by atoms with van der Waals surface area (Å²) in [4.78, 5) is 0. The van der Waals surface area contributed by atoms with E-state index in [2.05, 4.69) is 89.2 Å². The zero-order valence-electron chi connectivity index (χ0n) is 17.5. The maximum absolute atomic E-state index is 2.44. The highest BCUT2D eigenvalue weighted by atomic mass is 14.4. The van der Waals surface area contributed by atoms with Crippen LogP contribution in [0.5, 0.6) is 0 Å². The largest absolute Gasteiger partial charge is 0.0654 e. The third kappa shape index (κ3) is 3.20. The summed E-state index contributed by atoms with van der Waals surface area (Å²) in [6.07, 6.45) is 5.12. The molecular formula is C27H32. The summed E-state index contributed by atoms with van der Waals surface area (Å²) >= 11 is 0. The number of benzene rings is 4. The molecule has 0 aliphatic rings. The summed E-state index contributed by atoms with van der Waals surface area (Å²) < 4.78 is 0. The van der Waals surface area contributed by atoms with Crippen molar-refractivity contribution in [2.45, 2.75) is 65.7 Å². The highest BCUT2D eigenvalue weighted by Gasteiger charge is 2.31. The molecule has 0 spiro atoms. The third-order valence-electron chi connectivity index (χ3n) is 6.39. The van der Waals surface area contributed by atoms with Crippen LogP contribution in [0.2, 0.25) is 0 Å². The Morgan fingerprint density at radius 2 is 1.30 bits per heavy atom. The Labute approximate surface area is 163 Å². The Morgan fingerprint density at radius 3 is 1.96 bits per heavy atom. The number of rotatable bonds is 6. The van der Waals surface area contributed by atoms with E-state index in [0.29, 0.717) is 5.41 Å². The van der Waals surface area contributed by atoms with Crippen LogP contribution in [-0.2, 0) is 5.41 Å². The summed E-state index contributed by atoms with van der Waals surface area (Å²) in [7, 11) is 0. The van der Waals surface area contributed by atoms with Crippen LogP contribution in [0.15, 0.2) is 54.6 Å². The van der Waals surface area contributed by atoms with Crippen LogP contribution in [-0.4, -0.2) is 0 Å². The molecule has 0 amide bonds. The van der Waals surface area contributed by atoms with Gasteiger partial charge in [0.15, 0.2) is 0 Å². The average molecular weight is 357 g/mol. The van der Waals surface area contributed by atoms with E-state index in [1.807, 2.05) is 0 Å². The summed E-state index contributed by atoms with van der Waals surface area (Å²) in [5.74, 6) is 0. The second-order valence-corrected chi connectivity index (χ2v) is 9.80. The molecule has 140 valence electrons. The molecule has 0 aliphatic carbocycles. The SMILES string of the molecule is CCCCC(C)(C)CC(C)(C)c1ccc2ccc3cccc4ccc1c2c34. The molecule has 4 rings (SSSR count). The van der Waals surface area contributed by atoms with Gasteiger partial charge in [-0.1, -0.05) is 102 Å². The van der Waals surface area contributed by atoms with Crippen LogP contribution in [0.25, 0.3) is 32.3 Å². The molecule has 0 fully saturated rings. The Balaban J connectivity index is 1.89. The van der Waals surface area contributed by atoms with E-state index < -0.39 is 0 Å². The minimum Gasteiger partial charge on any atom is -0.0654 e. The van der Waals surface area contributed by atoms with E-state index in [4.69, 9.17) is 0 Å². The van der Waals surface area contributed by atoms with Crippen molar-refractivity contribution in [3.05, 3.63) is 60.2 Å². The van der Waals surface area contributed by atoms with Crippen molar-refractivity contribution in [1.82, 2.24) is 0 Å². The van der Waals surface area contributed by atoms with Crippen molar-refractivity contribution in [3.8, 4) is 0 Å². The summed E-state index contributed by atoms with van der Waals surface area (Å²) in [5, 5.41) is 8.37. The molecule has 0 radical (unpaired) electrons. The first-order chi connectivity index (χ1) is 12.8. The molecule has 0 aromatic heterocycles. The van der Waals surface area contributed by atoms with Crippen LogP contribution in [0.4, 0.5) is 0 Å². The lowest BCUT2D eigenvalue weighted by Crippen LogP contribution is -2.27. The number of unbranched alkanes of at least 4 members (excludes halogenated alkanes) is 1. The van der Waals surface area contributed by atoms with E-state index in [0.717, 1.165) is 0 Å². The van der Waals surface area contributed by atoms with Crippen LogP contribution in [0, 0.1) is 5.41 Å². The fraction of sp³-hybridized carbons (Fsp3) is 0.407. The zero-order valence-corrected chi connectivity index (χ0v) is 17.5. The second-order valence-electron chi connectivity index (χ2n) is 9.80. The van der Waals surface area contributed by atoms with Gasteiger partial charge in [0.1, 0.15) is 0 Å². The lowest BCUT2D eigenvalue weighted by atomic mass is 9.68. The lowest BCUT2D eigenvalue weighted by Gasteiger charge is -2.36. The fourth-order valence-electron chi connectivity index (χ4n) is 5.36. The third-order valence-corrected chi connectivity index (χ3v) is 6.39. The van der Waals surface area contributed by atoms with Crippen molar-refractivity contribution in [2.75, 3.05) is 0 Å². The zero-order chi connectivity index (χ0) is 19.2. The molecule has 0 saturated heterocycles. The topological polar surface area (TPSA) is 0 Å². The summed E-state index contributed by atoms with van der Waals surface area (Å²) in [6.45, 7) is 12.1. The summed E-state index contributed by atoms with van der Waals surface area (Å²) in [6, 6.07) is 20.6. The van der Waals surface area contributed by atoms with Gasteiger partial charge in [0.2, 0.25) is 0 Å². The molecule has 0 N–H and O–H groups in total. The number of hydrogen-bond donors (Lipinski definition) is 0. The predicted molar refractivity (Wildman–Crippen MR) is 121 cm³/mol. The molecule has 0 saturated carbocycles. The highest BCUT2D eigenvalue weighted by molar-refractivity contribution is 6.23. The lowest BCUT2D eigenvalue weighted by molar-refractivity contribution is 0.234. The van der Waals surface area contributed by atoms with Crippen molar-refractivity contribution in [1.29, 1.82) is 0 Å². The van der Waals surface area contributed by atoms with Gasteiger partial charge in [-0.3, -0.25) is 0 Å². The molecule has 4 aromatic rings. The quantitative estimate of drug-likeness (QED) is 0.304. The normalized spacial score (nSPS) is 13.2. The van der Waals surface area contributed by atoms with E-state index >= 15 is 0 Å². The average Bonchev–Trinajstić information content (AvgIpc) is 2.63. The van der Waals surface area contributed by atoms with Crippen molar-refractivity contribution < 1.29 is 0 Å². The molecule has 0 atom stereocenters. The molecular weight excluding hydrogens is 324 g/mol. The van der Waals surface area contributed by atoms with Crippen LogP contribution < -0.4 is 0 Å². The predicted octanol–water partition coefficient (Wildman–Crippen LogP) is 8.47. The van der Waals surface area contributed by atoms with Crippen molar-refractivity contribution in [3.63, 3.8) is 0 Å². The van der Waals surface area contributed by atoms with Crippen LogP contribution >= 0.6 is 0 Å². The van der Waals surface area contributed by atoms with Gasteiger partial charge in [-0.25, -0.2) is 0 Å². The first kappa shape index (κ1) is 18.3. The van der Waals surface area contributed by atoms with E-state index in [9.17, 15) is 0 Å². The second kappa shape index (κ2) is 6.51. The van der Waals surface area contributed by atoms with Gasteiger partial charge in [0.25, 0.3) is 0 Å². The molecule has 0 heterocycles. The first-order valence-electron chi connectivity index (χ1n) is 10.5. The van der Waals surface area contributed by atoms with Crippen LogP contribution in [0.3, 0.4) is 0 Å². The fourth-order valence-corrected chi connectivity index (χ4v) is 5.36. The molecule has 0 nitrogen and oxygen atoms in total. The van der Waals surface area contributed by atoms with Gasteiger partial charge >= 0.3 is 0 Å². The minimum atomic E-state index is 0.152. The molecule has 0 heteroatoms.